The number of hydrogen-bond donors (Lipinski definition) is 1. The normalized spacial score (nSPS) is 21.3. The van der Waals surface area contributed by atoms with Crippen LogP contribution in [0.5, 0.6) is 5.75 Å². The van der Waals surface area contributed by atoms with Gasteiger partial charge in [-0.2, -0.15) is 0 Å². The first kappa shape index (κ1) is 25.6. The molecule has 0 spiro atoms. The molecule has 44 heavy (non-hydrogen) atoms. The first-order valence-electron chi connectivity index (χ1n) is 15.3. The summed E-state index contributed by atoms with van der Waals surface area (Å²) in [6, 6.07) is 14.1. The summed E-state index contributed by atoms with van der Waals surface area (Å²) in [5, 5.41) is 12.9. The van der Waals surface area contributed by atoms with Crippen LogP contribution in [0.4, 0.5) is 0 Å². The van der Waals surface area contributed by atoms with Crippen LogP contribution in [-0.4, -0.2) is 75.7 Å². The van der Waals surface area contributed by atoms with Crippen molar-refractivity contribution in [1.82, 2.24) is 44.0 Å². The van der Waals surface area contributed by atoms with Gasteiger partial charge in [0.1, 0.15) is 16.9 Å². The van der Waals surface area contributed by atoms with Crippen molar-refractivity contribution >= 4 is 33.6 Å². The van der Waals surface area contributed by atoms with Crippen LogP contribution >= 0.6 is 0 Å². The Labute approximate surface area is 252 Å². The lowest BCUT2D eigenvalue weighted by Gasteiger charge is -2.27. The Morgan fingerprint density at radius 3 is 2.73 bits per heavy atom. The first-order valence-corrected chi connectivity index (χ1v) is 15.3. The van der Waals surface area contributed by atoms with E-state index in [2.05, 4.69) is 36.8 Å². The number of carbonyl (C=O) groups excluding carboxylic acids is 1. The first-order chi connectivity index (χ1) is 21.5. The van der Waals surface area contributed by atoms with Crippen LogP contribution in [0.15, 0.2) is 48.7 Å². The molecule has 5 aromatic heterocycles. The van der Waals surface area contributed by atoms with E-state index in [4.69, 9.17) is 20.4 Å². The number of fused-ring (bicyclic) bond motifs is 5. The van der Waals surface area contributed by atoms with E-state index in [1.165, 1.54) is 12.8 Å². The summed E-state index contributed by atoms with van der Waals surface area (Å²) in [6.07, 6.45) is 6.38. The van der Waals surface area contributed by atoms with Gasteiger partial charge in [-0.25, -0.2) is 14.5 Å². The van der Waals surface area contributed by atoms with Gasteiger partial charge in [-0.05, 0) is 90.4 Å². The number of aromatic nitrogens is 8. The molecule has 12 heteroatoms. The summed E-state index contributed by atoms with van der Waals surface area (Å²) in [5.74, 6) is 2.44. The molecule has 3 atom stereocenters. The molecule has 2 unspecified atom stereocenters. The minimum absolute atomic E-state index is 0.000471. The number of methoxy groups -OCH3 is 1. The number of carbonyl (C=O) groups is 1. The third-order valence-electron chi connectivity index (χ3n) is 9.91. The fourth-order valence-corrected chi connectivity index (χ4v) is 7.38. The van der Waals surface area contributed by atoms with E-state index in [1.54, 1.807) is 11.6 Å². The topological polar surface area (TPSA) is 134 Å². The minimum atomic E-state index is -0.000471. The highest BCUT2D eigenvalue weighted by Gasteiger charge is 2.47. The van der Waals surface area contributed by atoms with E-state index < -0.39 is 0 Å². The maximum absolute atomic E-state index is 13.7. The van der Waals surface area contributed by atoms with Crippen LogP contribution < -0.4 is 10.5 Å². The number of pyridine rings is 2. The van der Waals surface area contributed by atoms with E-state index in [0.29, 0.717) is 28.8 Å². The van der Waals surface area contributed by atoms with E-state index in [0.717, 1.165) is 70.8 Å². The van der Waals surface area contributed by atoms with Crippen molar-refractivity contribution in [2.45, 2.75) is 44.3 Å². The van der Waals surface area contributed by atoms with Crippen LogP contribution in [-0.2, 0) is 13.6 Å². The van der Waals surface area contributed by atoms with Gasteiger partial charge in [-0.3, -0.25) is 4.79 Å². The smallest absolute Gasteiger partial charge is 0.254 e. The van der Waals surface area contributed by atoms with E-state index in [9.17, 15) is 4.79 Å². The van der Waals surface area contributed by atoms with Crippen molar-refractivity contribution in [3.8, 4) is 28.5 Å². The molecule has 1 saturated heterocycles. The number of likely N-dealkylation sites (tertiary alicyclic amines) is 1. The van der Waals surface area contributed by atoms with Crippen molar-refractivity contribution in [1.29, 1.82) is 0 Å². The predicted octanol–water partition coefficient (Wildman–Crippen LogP) is 3.68. The molecule has 3 fully saturated rings. The van der Waals surface area contributed by atoms with Gasteiger partial charge in [0.25, 0.3) is 5.91 Å². The second kappa shape index (κ2) is 9.33. The highest BCUT2D eigenvalue weighted by molar-refractivity contribution is 6.00. The molecule has 9 rings (SSSR count). The van der Waals surface area contributed by atoms with Gasteiger partial charge in [0.05, 0.1) is 24.0 Å². The maximum atomic E-state index is 13.7. The second-order valence-electron chi connectivity index (χ2n) is 12.6. The highest BCUT2D eigenvalue weighted by atomic mass is 16.5. The monoisotopic (exact) mass is 588 g/mol. The van der Waals surface area contributed by atoms with Gasteiger partial charge in [-0.1, -0.05) is 0 Å². The standard InChI is InChI=1S/C32H32N10O2/c1-39-29-23(11-21(13-26(29)44-2)32(43)41-15-20-6-9-24(41)28(20)33)35-31(39)25-12-18-5-8-22(34-30(18)40(25)14-17-3-4-17)19-7-10-27-36-37-38-42(27)16-19/h5,7-8,10-13,16-17,20,24,28H,3-4,6,9,14-15,33H2,1-2H3/t20?,24?,28-/m1/s1. The van der Waals surface area contributed by atoms with Crippen molar-refractivity contribution in [2.75, 3.05) is 13.7 Å². The molecule has 3 aliphatic rings. The SMILES string of the molecule is COc1cc(C(=O)N2CC3CCC2[C@@H]3N)cc2nc(-c3cc4ccc(-c5ccc6nnnn6c5)nc4n3CC3CC3)n(C)c12. The van der Waals surface area contributed by atoms with E-state index in [-0.39, 0.29) is 18.0 Å². The fourth-order valence-electron chi connectivity index (χ4n) is 7.38. The Morgan fingerprint density at radius 1 is 1.07 bits per heavy atom. The molecule has 12 nitrogen and oxygen atoms in total. The zero-order valence-electron chi connectivity index (χ0n) is 24.6. The van der Waals surface area contributed by atoms with Crippen molar-refractivity contribution in [3.63, 3.8) is 0 Å². The summed E-state index contributed by atoms with van der Waals surface area (Å²) in [4.78, 5) is 25.9. The zero-order chi connectivity index (χ0) is 29.7. The van der Waals surface area contributed by atoms with Crippen molar-refractivity contribution < 1.29 is 9.53 Å². The summed E-state index contributed by atoms with van der Waals surface area (Å²) >= 11 is 0. The third-order valence-corrected chi connectivity index (χ3v) is 9.91. The second-order valence-corrected chi connectivity index (χ2v) is 12.6. The van der Waals surface area contributed by atoms with Gasteiger partial charge >= 0.3 is 0 Å². The Morgan fingerprint density at radius 2 is 1.95 bits per heavy atom. The average molecular weight is 589 g/mol. The average Bonchev–Trinajstić information content (AvgIpc) is 3.34. The molecule has 222 valence electrons. The quantitative estimate of drug-likeness (QED) is 0.312. The number of piperidine rings is 1. The van der Waals surface area contributed by atoms with Crippen LogP contribution in [0, 0.1) is 11.8 Å². The van der Waals surface area contributed by atoms with Crippen LogP contribution in [0.3, 0.4) is 0 Å². The van der Waals surface area contributed by atoms with E-state index >= 15 is 0 Å². The number of aryl methyl sites for hydroxylation is 1. The van der Waals surface area contributed by atoms with Gasteiger partial charge in [0.2, 0.25) is 0 Å². The Hall–Kier alpha value is -4.84. The molecule has 2 aliphatic carbocycles. The number of amides is 1. The number of ether oxygens (including phenoxy) is 1. The molecule has 2 saturated carbocycles. The van der Waals surface area contributed by atoms with Crippen LogP contribution in [0.25, 0.3) is 50.5 Å². The lowest BCUT2D eigenvalue weighted by atomic mass is 10.1. The minimum Gasteiger partial charge on any atom is -0.494 e. The van der Waals surface area contributed by atoms with E-state index in [1.807, 2.05) is 48.5 Å². The van der Waals surface area contributed by atoms with Crippen LogP contribution in [0.2, 0.25) is 0 Å². The van der Waals surface area contributed by atoms with Gasteiger partial charge in [0.15, 0.2) is 11.5 Å². The molecule has 2 N–H and O–H groups in total. The molecule has 6 heterocycles. The fraction of sp³-hybridized carbons (Fsp3) is 0.375. The Balaban J connectivity index is 1.16. The molecule has 6 aromatic rings. The number of nitrogens with two attached hydrogens (primary N) is 1. The number of nitrogens with zero attached hydrogens (tertiary/aromatic N) is 9. The molecule has 1 aliphatic heterocycles. The lowest BCUT2D eigenvalue weighted by molar-refractivity contribution is 0.0700. The number of benzene rings is 1. The molecule has 2 bridgehead atoms. The van der Waals surface area contributed by atoms with Gasteiger partial charge in [-0.15, -0.1) is 5.10 Å². The summed E-state index contributed by atoms with van der Waals surface area (Å²) in [7, 11) is 3.65. The molecule has 1 aromatic carbocycles. The number of tetrazole rings is 1. The lowest BCUT2D eigenvalue weighted by Crippen LogP contribution is -2.41. The predicted molar refractivity (Wildman–Crippen MR) is 164 cm³/mol. The highest BCUT2D eigenvalue weighted by Crippen LogP contribution is 2.40. The summed E-state index contributed by atoms with van der Waals surface area (Å²) < 4.78 is 11.9. The van der Waals surface area contributed by atoms with Crippen LogP contribution in [0.1, 0.15) is 36.0 Å². The van der Waals surface area contributed by atoms with Gasteiger partial charge < -0.3 is 24.5 Å². The summed E-state index contributed by atoms with van der Waals surface area (Å²) in [5.41, 5.74) is 13.0. The largest absolute Gasteiger partial charge is 0.494 e. The van der Waals surface area contributed by atoms with Crippen molar-refractivity contribution in [2.24, 2.45) is 24.6 Å². The molecular formula is C32H32N10O2. The third kappa shape index (κ3) is 3.79. The zero-order valence-corrected chi connectivity index (χ0v) is 24.6. The molecule has 0 radical (unpaired) electrons. The van der Waals surface area contributed by atoms with Crippen molar-refractivity contribution in [3.05, 3.63) is 54.2 Å². The Kier molecular flexibility index (Phi) is 5.44. The molecule has 1 amide bonds. The maximum Gasteiger partial charge on any atom is 0.254 e. The summed E-state index contributed by atoms with van der Waals surface area (Å²) in [6.45, 7) is 1.58. The number of imidazole rings is 1. The Bertz CT molecular complexity index is 2120. The molecular weight excluding hydrogens is 556 g/mol. The number of hydrogen-bond acceptors (Lipinski definition) is 8. The number of rotatable bonds is 6. The van der Waals surface area contributed by atoms with Gasteiger partial charge in [0, 0.05) is 54.9 Å².